The van der Waals surface area contributed by atoms with Gasteiger partial charge >= 0.3 is 0 Å². The molecule has 2 rings (SSSR count). The van der Waals surface area contributed by atoms with Gasteiger partial charge in [-0.25, -0.2) is 0 Å². The van der Waals surface area contributed by atoms with E-state index in [1.807, 2.05) is 6.07 Å². The number of nitrogens with one attached hydrogen (secondary N) is 1. The van der Waals surface area contributed by atoms with E-state index >= 15 is 0 Å². The minimum Gasteiger partial charge on any atom is -0.493 e. The van der Waals surface area contributed by atoms with Crippen molar-refractivity contribution < 1.29 is 4.74 Å². The summed E-state index contributed by atoms with van der Waals surface area (Å²) in [4.78, 5) is 0. The highest BCUT2D eigenvalue weighted by Crippen LogP contribution is 2.15. The topological polar surface area (TPSA) is 21.3 Å². The van der Waals surface area contributed by atoms with Crippen LogP contribution in [0.15, 0.2) is 41.1 Å². The van der Waals surface area contributed by atoms with Crippen molar-refractivity contribution in [3.8, 4) is 5.75 Å². The summed E-state index contributed by atoms with van der Waals surface area (Å²) in [6.07, 6.45) is 0.966. The summed E-state index contributed by atoms with van der Waals surface area (Å²) < 4.78 is 5.83. The van der Waals surface area contributed by atoms with Gasteiger partial charge in [-0.2, -0.15) is 11.3 Å². The van der Waals surface area contributed by atoms with Crippen LogP contribution in [-0.2, 0) is 13.0 Å². The SMILES string of the molecule is CC(C)(C)NCc1cccc(OCCc2ccsc2)c1. The second kappa shape index (κ2) is 6.91. The van der Waals surface area contributed by atoms with Gasteiger partial charge in [-0.3, -0.25) is 0 Å². The van der Waals surface area contributed by atoms with E-state index in [9.17, 15) is 0 Å². The number of thiophene rings is 1. The summed E-state index contributed by atoms with van der Waals surface area (Å²) >= 11 is 1.73. The third-order valence-corrected chi connectivity index (χ3v) is 3.69. The molecule has 1 aromatic carbocycles. The fourth-order valence-electron chi connectivity index (χ4n) is 1.83. The van der Waals surface area contributed by atoms with Crippen molar-refractivity contribution in [1.82, 2.24) is 5.32 Å². The van der Waals surface area contributed by atoms with Crippen molar-refractivity contribution in [3.63, 3.8) is 0 Å². The zero-order valence-electron chi connectivity index (χ0n) is 12.5. The van der Waals surface area contributed by atoms with E-state index in [0.29, 0.717) is 0 Å². The van der Waals surface area contributed by atoms with Gasteiger partial charge in [0.15, 0.2) is 0 Å². The van der Waals surface area contributed by atoms with Crippen LogP contribution < -0.4 is 10.1 Å². The maximum atomic E-state index is 5.83. The normalized spacial score (nSPS) is 11.6. The van der Waals surface area contributed by atoms with Gasteiger partial charge in [0.25, 0.3) is 0 Å². The zero-order chi connectivity index (χ0) is 14.4. The quantitative estimate of drug-likeness (QED) is 0.858. The Balaban J connectivity index is 1.83. The fraction of sp³-hybridized carbons (Fsp3) is 0.412. The third kappa shape index (κ3) is 5.35. The molecule has 0 saturated heterocycles. The molecule has 2 aromatic rings. The fourth-order valence-corrected chi connectivity index (χ4v) is 2.54. The molecule has 0 aliphatic heterocycles. The molecule has 0 radical (unpaired) electrons. The first-order chi connectivity index (χ1) is 9.53. The molecule has 0 unspecified atom stereocenters. The molecule has 1 N–H and O–H groups in total. The molecule has 1 heterocycles. The summed E-state index contributed by atoms with van der Waals surface area (Å²) in [7, 11) is 0. The summed E-state index contributed by atoms with van der Waals surface area (Å²) in [6.45, 7) is 8.12. The Labute approximate surface area is 125 Å². The second-order valence-corrected chi connectivity index (χ2v) is 6.76. The van der Waals surface area contributed by atoms with Gasteiger partial charge in [0, 0.05) is 18.5 Å². The van der Waals surface area contributed by atoms with E-state index in [1.165, 1.54) is 11.1 Å². The van der Waals surface area contributed by atoms with Crippen molar-refractivity contribution in [1.29, 1.82) is 0 Å². The van der Waals surface area contributed by atoms with Crippen molar-refractivity contribution in [2.45, 2.75) is 39.3 Å². The lowest BCUT2D eigenvalue weighted by atomic mass is 10.1. The van der Waals surface area contributed by atoms with Gasteiger partial charge in [-0.1, -0.05) is 12.1 Å². The van der Waals surface area contributed by atoms with Gasteiger partial charge in [0.1, 0.15) is 5.75 Å². The molecule has 20 heavy (non-hydrogen) atoms. The lowest BCUT2D eigenvalue weighted by molar-refractivity contribution is 0.321. The minimum atomic E-state index is 0.135. The van der Waals surface area contributed by atoms with Crippen LogP contribution in [0.4, 0.5) is 0 Å². The smallest absolute Gasteiger partial charge is 0.119 e. The van der Waals surface area contributed by atoms with E-state index in [4.69, 9.17) is 4.74 Å². The van der Waals surface area contributed by atoms with Gasteiger partial charge in [0.2, 0.25) is 0 Å². The standard InChI is InChI=1S/C17H23NOS/c1-17(2,3)18-12-15-5-4-6-16(11-15)19-9-7-14-8-10-20-13-14/h4-6,8,10-11,13,18H,7,9,12H2,1-3H3. The first-order valence-electron chi connectivity index (χ1n) is 7.01. The molecule has 108 valence electrons. The molecule has 0 saturated carbocycles. The Bertz CT molecular complexity index is 514. The molecule has 0 aliphatic carbocycles. The zero-order valence-corrected chi connectivity index (χ0v) is 13.3. The van der Waals surface area contributed by atoms with Crippen LogP contribution >= 0.6 is 11.3 Å². The average Bonchev–Trinajstić information content (AvgIpc) is 2.89. The molecule has 0 bridgehead atoms. The number of rotatable bonds is 6. The van der Waals surface area contributed by atoms with Gasteiger partial charge in [-0.05, 0) is 60.9 Å². The van der Waals surface area contributed by atoms with Crippen LogP contribution in [0.25, 0.3) is 0 Å². The number of hydrogen-bond acceptors (Lipinski definition) is 3. The van der Waals surface area contributed by atoms with Crippen LogP contribution in [0.2, 0.25) is 0 Å². The summed E-state index contributed by atoms with van der Waals surface area (Å²) in [5, 5.41) is 7.77. The van der Waals surface area contributed by atoms with Crippen LogP contribution in [0.5, 0.6) is 5.75 Å². The lowest BCUT2D eigenvalue weighted by Gasteiger charge is -2.20. The molecule has 0 spiro atoms. The largest absolute Gasteiger partial charge is 0.493 e. The van der Waals surface area contributed by atoms with Crippen LogP contribution in [-0.4, -0.2) is 12.1 Å². The summed E-state index contributed by atoms with van der Waals surface area (Å²) in [6, 6.07) is 10.5. The van der Waals surface area contributed by atoms with E-state index in [1.54, 1.807) is 11.3 Å². The Morgan fingerprint density at radius 3 is 2.70 bits per heavy atom. The van der Waals surface area contributed by atoms with Crippen molar-refractivity contribution in [2.24, 2.45) is 0 Å². The maximum Gasteiger partial charge on any atom is 0.119 e. The Morgan fingerprint density at radius 1 is 1.15 bits per heavy atom. The van der Waals surface area contributed by atoms with Crippen LogP contribution in [0.1, 0.15) is 31.9 Å². The van der Waals surface area contributed by atoms with E-state index in [0.717, 1.165) is 25.3 Å². The second-order valence-electron chi connectivity index (χ2n) is 5.98. The molecule has 1 aromatic heterocycles. The minimum absolute atomic E-state index is 0.135. The molecular formula is C17H23NOS. The maximum absolute atomic E-state index is 5.83. The predicted octanol–water partition coefficient (Wildman–Crippen LogP) is 4.26. The molecule has 0 amide bonds. The average molecular weight is 289 g/mol. The third-order valence-electron chi connectivity index (χ3n) is 2.96. The van der Waals surface area contributed by atoms with Gasteiger partial charge < -0.3 is 10.1 Å². The number of ether oxygens (including phenoxy) is 1. The molecule has 0 atom stereocenters. The summed E-state index contributed by atoms with van der Waals surface area (Å²) in [5.74, 6) is 0.952. The van der Waals surface area contributed by atoms with Crippen LogP contribution in [0, 0.1) is 0 Å². The Morgan fingerprint density at radius 2 is 2.00 bits per heavy atom. The highest BCUT2D eigenvalue weighted by atomic mass is 32.1. The van der Waals surface area contributed by atoms with E-state index < -0.39 is 0 Å². The van der Waals surface area contributed by atoms with Gasteiger partial charge in [0.05, 0.1) is 6.61 Å². The number of hydrogen-bond donors (Lipinski definition) is 1. The van der Waals surface area contributed by atoms with Crippen LogP contribution in [0.3, 0.4) is 0 Å². The first-order valence-corrected chi connectivity index (χ1v) is 7.95. The Hall–Kier alpha value is -1.32. The van der Waals surface area contributed by atoms with E-state index in [-0.39, 0.29) is 5.54 Å². The highest BCUT2D eigenvalue weighted by molar-refractivity contribution is 7.07. The van der Waals surface area contributed by atoms with Crippen molar-refractivity contribution >= 4 is 11.3 Å². The Kier molecular flexibility index (Phi) is 5.21. The summed E-state index contributed by atoms with van der Waals surface area (Å²) in [5.41, 5.74) is 2.74. The molecule has 0 aliphatic rings. The van der Waals surface area contributed by atoms with Crippen molar-refractivity contribution in [3.05, 3.63) is 52.2 Å². The molecule has 2 nitrogen and oxygen atoms in total. The van der Waals surface area contributed by atoms with Gasteiger partial charge in [-0.15, -0.1) is 0 Å². The first kappa shape index (κ1) is 15.1. The highest BCUT2D eigenvalue weighted by Gasteiger charge is 2.08. The molecule has 0 fully saturated rings. The van der Waals surface area contributed by atoms with E-state index in [2.05, 4.69) is 61.1 Å². The number of benzene rings is 1. The lowest BCUT2D eigenvalue weighted by Crippen LogP contribution is -2.35. The van der Waals surface area contributed by atoms with Crippen molar-refractivity contribution in [2.75, 3.05) is 6.61 Å². The monoisotopic (exact) mass is 289 g/mol. The molecular weight excluding hydrogens is 266 g/mol. The molecule has 3 heteroatoms. The predicted molar refractivity (Wildman–Crippen MR) is 86.6 cm³/mol.